The maximum Gasteiger partial charge on any atom is 0.265 e. The lowest BCUT2D eigenvalue weighted by Gasteiger charge is -2.21. The Labute approximate surface area is 148 Å². The minimum absolute atomic E-state index is 0.0449. The van der Waals surface area contributed by atoms with Crippen LogP contribution in [-0.2, 0) is 10.4 Å². The molecule has 120 valence electrons. The molecule has 4 nitrogen and oxygen atoms in total. The Balaban J connectivity index is 1.99. The molecule has 0 aromatic heterocycles. The highest BCUT2D eigenvalue weighted by atomic mass is 79.9. The number of aliphatic hydroxyl groups is 1. The van der Waals surface area contributed by atoms with E-state index < -0.39 is 11.5 Å². The fourth-order valence-electron chi connectivity index (χ4n) is 2.92. The van der Waals surface area contributed by atoms with Gasteiger partial charge in [0.2, 0.25) is 0 Å². The van der Waals surface area contributed by atoms with Gasteiger partial charge in [-0.15, -0.1) is 6.42 Å². The molecule has 0 fully saturated rings. The number of nitrogens with zero attached hydrogens (tertiary/aromatic N) is 1. The highest BCUT2D eigenvalue weighted by molar-refractivity contribution is 9.10. The molecule has 3 rings (SSSR count). The molecule has 0 saturated carbocycles. The van der Waals surface area contributed by atoms with E-state index in [1.165, 1.54) is 4.90 Å². The van der Waals surface area contributed by atoms with Crippen molar-refractivity contribution in [1.82, 2.24) is 0 Å². The van der Waals surface area contributed by atoms with Gasteiger partial charge in [-0.2, -0.15) is 0 Å². The van der Waals surface area contributed by atoms with Crippen molar-refractivity contribution >= 4 is 33.3 Å². The monoisotopic (exact) mass is 383 g/mol. The minimum atomic E-state index is -1.90. The smallest absolute Gasteiger partial charge is 0.265 e. The van der Waals surface area contributed by atoms with E-state index in [1.54, 1.807) is 48.5 Å². The second-order valence-corrected chi connectivity index (χ2v) is 6.50. The Morgan fingerprint density at radius 2 is 2.00 bits per heavy atom. The predicted octanol–water partition coefficient (Wildman–Crippen LogP) is 2.89. The van der Waals surface area contributed by atoms with Crippen LogP contribution in [-0.4, -0.2) is 23.3 Å². The number of hydrogen-bond acceptors (Lipinski definition) is 3. The number of hydrogen-bond donors (Lipinski definition) is 1. The normalized spacial score (nSPS) is 19.0. The summed E-state index contributed by atoms with van der Waals surface area (Å²) in [7, 11) is 0. The molecule has 0 bridgehead atoms. The van der Waals surface area contributed by atoms with Crippen LogP contribution in [0, 0.1) is 12.3 Å². The molecule has 1 heterocycles. The zero-order chi connectivity index (χ0) is 17.3. The van der Waals surface area contributed by atoms with E-state index in [0.717, 1.165) is 4.47 Å². The van der Waals surface area contributed by atoms with Crippen LogP contribution >= 0.6 is 15.9 Å². The van der Waals surface area contributed by atoms with Crippen LogP contribution < -0.4 is 4.90 Å². The number of carbonyl (C=O) groups excluding carboxylic acids is 2. The summed E-state index contributed by atoms with van der Waals surface area (Å²) < 4.78 is 0.757. The number of para-hydroxylation sites is 1. The van der Waals surface area contributed by atoms with Crippen LogP contribution in [0.1, 0.15) is 22.3 Å². The van der Waals surface area contributed by atoms with Gasteiger partial charge in [-0.25, -0.2) is 0 Å². The summed E-state index contributed by atoms with van der Waals surface area (Å²) in [5.41, 5.74) is -0.510. The largest absolute Gasteiger partial charge is 0.375 e. The topological polar surface area (TPSA) is 57.6 Å². The van der Waals surface area contributed by atoms with Gasteiger partial charge in [0, 0.05) is 15.6 Å². The van der Waals surface area contributed by atoms with Crippen molar-refractivity contribution in [3.05, 3.63) is 64.1 Å². The van der Waals surface area contributed by atoms with E-state index >= 15 is 0 Å². The van der Waals surface area contributed by atoms with Gasteiger partial charge < -0.3 is 5.11 Å². The molecule has 1 aliphatic heterocycles. The lowest BCUT2D eigenvalue weighted by Crippen LogP contribution is -2.42. The van der Waals surface area contributed by atoms with E-state index in [0.29, 0.717) is 16.8 Å². The maximum absolute atomic E-state index is 12.7. The molecule has 5 heteroatoms. The van der Waals surface area contributed by atoms with Crippen molar-refractivity contribution in [3.63, 3.8) is 0 Å². The second-order valence-electron chi connectivity index (χ2n) is 5.58. The van der Waals surface area contributed by atoms with E-state index in [2.05, 4.69) is 21.9 Å². The van der Waals surface area contributed by atoms with E-state index in [-0.39, 0.29) is 18.7 Å². The predicted molar refractivity (Wildman–Crippen MR) is 94.6 cm³/mol. The number of fused-ring (bicyclic) bond motifs is 1. The average Bonchev–Trinajstić information content (AvgIpc) is 2.78. The quantitative estimate of drug-likeness (QED) is 0.652. The fraction of sp³-hybridized carbons (Fsp3) is 0.158. The van der Waals surface area contributed by atoms with E-state index in [9.17, 15) is 14.7 Å². The number of benzene rings is 2. The van der Waals surface area contributed by atoms with Gasteiger partial charge in [-0.05, 0) is 18.2 Å². The van der Waals surface area contributed by atoms with Crippen molar-refractivity contribution in [1.29, 1.82) is 0 Å². The molecule has 1 unspecified atom stereocenters. The summed E-state index contributed by atoms with van der Waals surface area (Å²) >= 11 is 3.31. The van der Waals surface area contributed by atoms with Crippen LogP contribution in [0.3, 0.4) is 0 Å². The van der Waals surface area contributed by atoms with Gasteiger partial charge in [-0.1, -0.05) is 52.2 Å². The first-order valence-electron chi connectivity index (χ1n) is 7.33. The van der Waals surface area contributed by atoms with Gasteiger partial charge in [0.15, 0.2) is 11.4 Å². The molecule has 2 aromatic carbocycles. The molecule has 2 aromatic rings. The number of rotatable bonds is 4. The molecule has 1 amide bonds. The van der Waals surface area contributed by atoms with Crippen molar-refractivity contribution < 1.29 is 14.7 Å². The van der Waals surface area contributed by atoms with Crippen LogP contribution in [0.4, 0.5) is 5.69 Å². The third kappa shape index (κ3) is 2.64. The standard InChI is InChI=1S/C19H14BrNO3/c1-2-10-21-16-9-4-3-8-15(16)19(24,18(21)23)12-17(22)13-6-5-7-14(20)11-13/h1,3-9,11,24H,10,12H2. The molecule has 0 saturated heterocycles. The molecule has 0 aliphatic carbocycles. The summed E-state index contributed by atoms with van der Waals surface area (Å²) in [6, 6.07) is 13.7. The maximum atomic E-state index is 12.7. The zero-order valence-corrected chi connectivity index (χ0v) is 14.3. The van der Waals surface area contributed by atoms with Crippen molar-refractivity contribution in [2.24, 2.45) is 0 Å². The Bertz CT molecular complexity index is 871. The highest BCUT2D eigenvalue weighted by Crippen LogP contribution is 2.42. The Morgan fingerprint density at radius 1 is 1.25 bits per heavy atom. The SMILES string of the molecule is C#CCN1C(=O)C(O)(CC(=O)c2cccc(Br)c2)c2ccccc21. The number of anilines is 1. The summed E-state index contributed by atoms with van der Waals surface area (Å²) in [5.74, 6) is 1.53. The van der Waals surface area contributed by atoms with Crippen LogP contribution in [0.5, 0.6) is 0 Å². The molecular formula is C19H14BrNO3. The molecular weight excluding hydrogens is 370 g/mol. The van der Waals surface area contributed by atoms with Crippen molar-refractivity contribution in [2.45, 2.75) is 12.0 Å². The van der Waals surface area contributed by atoms with Crippen LogP contribution in [0.25, 0.3) is 0 Å². The molecule has 1 atom stereocenters. The first kappa shape index (κ1) is 16.4. The number of ketones is 1. The van der Waals surface area contributed by atoms with Gasteiger partial charge in [0.1, 0.15) is 0 Å². The van der Waals surface area contributed by atoms with Gasteiger partial charge >= 0.3 is 0 Å². The molecule has 0 spiro atoms. The third-order valence-electron chi connectivity index (χ3n) is 4.05. The van der Waals surface area contributed by atoms with Crippen LogP contribution in [0.15, 0.2) is 53.0 Å². The van der Waals surface area contributed by atoms with Crippen LogP contribution in [0.2, 0.25) is 0 Å². The Morgan fingerprint density at radius 3 is 2.71 bits per heavy atom. The summed E-state index contributed by atoms with van der Waals surface area (Å²) in [6.45, 7) is 0.0449. The van der Waals surface area contributed by atoms with Gasteiger partial charge in [0.05, 0.1) is 18.7 Å². The first-order valence-corrected chi connectivity index (χ1v) is 8.13. The number of halogens is 1. The molecule has 1 aliphatic rings. The molecule has 24 heavy (non-hydrogen) atoms. The molecule has 1 N–H and O–H groups in total. The molecule has 0 radical (unpaired) electrons. The highest BCUT2D eigenvalue weighted by Gasteiger charge is 2.50. The fourth-order valence-corrected chi connectivity index (χ4v) is 3.32. The Hall–Kier alpha value is -2.42. The lowest BCUT2D eigenvalue weighted by molar-refractivity contribution is -0.135. The number of carbonyl (C=O) groups is 2. The minimum Gasteiger partial charge on any atom is -0.375 e. The summed E-state index contributed by atoms with van der Waals surface area (Å²) in [6.07, 6.45) is 4.99. The van der Waals surface area contributed by atoms with Gasteiger partial charge in [0.25, 0.3) is 5.91 Å². The van der Waals surface area contributed by atoms with E-state index in [4.69, 9.17) is 6.42 Å². The lowest BCUT2D eigenvalue weighted by atomic mass is 9.88. The van der Waals surface area contributed by atoms with Crippen molar-refractivity contribution in [3.8, 4) is 12.3 Å². The third-order valence-corrected chi connectivity index (χ3v) is 4.55. The average molecular weight is 384 g/mol. The number of Topliss-reactive ketones (excluding diaryl/α,β-unsaturated/α-hetero) is 1. The number of amides is 1. The van der Waals surface area contributed by atoms with Gasteiger partial charge in [-0.3, -0.25) is 14.5 Å². The van der Waals surface area contributed by atoms with Crippen molar-refractivity contribution in [2.75, 3.05) is 11.4 Å². The summed E-state index contributed by atoms with van der Waals surface area (Å²) in [5, 5.41) is 11.0. The second kappa shape index (κ2) is 6.23. The first-order chi connectivity index (χ1) is 11.5. The summed E-state index contributed by atoms with van der Waals surface area (Å²) in [4.78, 5) is 26.6. The number of terminal acetylenes is 1. The Kier molecular flexibility index (Phi) is 4.27. The van der Waals surface area contributed by atoms with E-state index in [1.807, 2.05) is 0 Å². The zero-order valence-electron chi connectivity index (χ0n) is 12.7.